The molecule has 1 N–H and O–H groups in total. The van der Waals surface area contributed by atoms with E-state index in [2.05, 4.69) is 22.0 Å². The minimum absolute atomic E-state index is 0.0119. The molecule has 1 saturated heterocycles. The molecule has 0 bridgehead atoms. The number of carbonyl (C=O) groups excluding carboxylic acids is 2. The molecule has 37 heavy (non-hydrogen) atoms. The number of anilines is 1. The Morgan fingerprint density at radius 1 is 0.784 bits per heavy atom. The molecule has 1 aliphatic rings. The largest absolute Gasteiger partial charge is 0.457 e. The van der Waals surface area contributed by atoms with E-state index < -0.39 is 11.8 Å². The Morgan fingerprint density at radius 2 is 1.46 bits per heavy atom. The molecule has 180 valence electrons. The fraction of sp³-hybridized carbons (Fsp3) is 0.0333. The van der Waals surface area contributed by atoms with Crippen molar-refractivity contribution in [3.05, 3.63) is 108 Å². The van der Waals surface area contributed by atoms with Crippen LogP contribution in [-0.2, 0) is 16.6 Å². The van der Waals surface area contributed by atoms with Gasteiger partial charge in [-0.1, -0.05) is 42.5 Å². The van der Waals surface area contributed by atoms with Crippen molar-refractivity contribution in [2.75, 3.05) is 4.90 Å². The lowest BCUT2D eigenvalue weighted by Crippen LogP contribution is -2.54. The Balaban J connectivity index is 1.33. The quantitative estimate of drug-likeness (QED) is 0.187. The lowest BCUT2D eigenvalue weighted by atomic mass is 10.0. The Labute approximate surface area is 218 Å². The molecule has 2 amide bonds. The SMILES string of the molecule is Cn1c2ccccc2c2cc(/C=C3/C(=O)NC(=S)N(c4ccc(Oc5ccccc5)cc4)C3=O)ccc21. The highest BCUT2D eigenvalue weighted by Crippen LogP contribution is 2.30. The summed E-state index contributed by atoms with van der Waals surface area (Å²) in [5, 5.41) is 4.85. The average Bonchev–Trinajstić information content (AvgIpc) is 3.19. The molecule has 6 nitrogen and oxygen atoms in total. The number of nitrogens with zero attached hydrogens (tertiary/aromatic N) is 2. The van der Waals surface area contributed by atoms with Gasteiger partial charge in [-0.25, -0.2) is 0 Å². The number of ether oxygens (including phenoxy) is 1. The highest BCUT2D eigenvalue weighted by Gasteiger charge is 2.34. The second-order valence-corrected chi connectivity index (χ2v) is 9.11. The van der Waals surface area contributed by atoms with Crippen LogP contribution >= 0.6 is 12.2 Å². The van der Waals surface area contributed by atoms with Crippen molar-refractivity contribution in [3.8, 4) is 11.5 Å². The lowest BCUT2D eigenvalue weighted by Gasteiger charge is -2.29. The highest BCUT2D eigenvalue weighted by molar-refractivity contribution is 7.80. The molecule has 4 aromatic carbocycles. The zero-order valence-corrected chi connectivity index (χ0v) is 20.7. The van der Waals surface area contributed by atoms with E-state index in [1.54, 1.807) is 30.3 Å². The summed E-state index contributed by atoms with van der Waals surface area (Å²) in [6.45, 7) is 0. The van der Waals surface area contributed by atoms with Gasteiger partial charge in [0.25, 0.3) is 11.8 Å². The van der Waals surface area contributed by atoms with Crippen molar-refractivity contribution in [2.24, 2.45) is 7.05 Å². The second-order valence-electron chi connectivity index (χ2n) is 8.72. The van der Waals surface area contributed by atoms with Crippen LogP contribution in [0.15, 0.2) is 103 Å². The van der Waals surface area contributed by atoms with E-state index in [4.69, 9.17) is 17.0 Å². The van der Waals surface area contributed by atoms with Crippen LogP contribution in [0.25, 0.3) is 27.9 Å². The summed E-state index contributed by atoms with van der Waals surface area (Å²) in [4.78, 5) is 27.6. The summed E-state index contributed by atoms with van der Waals surface area (Å²) >= 11 is 5.35. The van der Waals surface area contributed by atoms with E-state index in [1.165, 1.54) is 4.90 Å². The van der Waals surface area contributed by atoms with Crippen LogP contribution in [0.1, 0.15) is 5.56 Å². The van der Waals surface area contributed by atoms with Gasteiger partial charge in [0.2, 0.25) is 0 Å². The van der Waals surface area contributed by atoms with E-state index in [-0.39, 0.29) is 10.7 Å². The number of aromatic nitrogens is 1. The van der Waals surface area contributed by atoms with Crippen LogP contribution in [0.3, 0.4) is 0 Å². The van der Waals surface area contributed by atoms with Gasteiger partial charge in [0.05, 0.1) is 5.69 Å². The zero-order chi connectivity index (χ0) is 25.5. The van der Waals surface area contributed by atoms with Crippen LogP contribution in [0.2, 0.25) is 0 Å². The third kappa shape index (κ3) is 4.05. The lowest BCUT2D eigenvalue weighted by molar-refractivity contribution is -0.122. The third-order valence-corrected chi connectivity index (χ3v) is 6.71. The van der Waals surface area contributed by atoms with Crippen LogP contribution in [-0.4, -0.2) is 21.5 Å². The summed E-state index contributed by atoms with van der Waals surface area (Å²) < 4.78 is 7.97. The predicted molar refractivity (Wildman–Crippen MR) is 150 cm³/mol. The maximum absolute atomic E-state index is 13.5. The predicted octanol–water partition coefficient (Wildman–Crippen LogP) is 5.96. The minimum atomic E-state index is -0.520. The molecule has 2 heterocycles. The van der Waals surface area contributed by atoms with Crippen molar-refractivity contribution in [1.29, 1.82) is 0 Å². The van der Waals surface area contributed by atoms with Gasteiger partial charge in [-0.2, -0.15) is 0 Å². The molecule has 0 aliphatic carbocycles. The van der Waals surface area contributed by atoms with Crippen molar-refractivity contribution < 1.29 is 14.3 Å². The standard InChI is InChI=1S/C30H21N3O3S/c1-32-26-10-6-5-9-23(26)24-17-19(11-16-27(24)32)18-25-28(34)31-30(37)33(29(25)35)20-12-14-22(15-13-20)36-21-7-3-2-4-8-21/h2-18H,1H3,(H,31,34,37)/b25-18-. The second kappa shape index (κ2) is 9.04. The van der Waals surface area contributed by atoms with Gasteiger partial charge in [-0.05, 0) is 78.5 Å². The number of benzene rings is 4. The maximum Gasteiger partial charge on any atom is 0.270 e. The highest BCUT2D eigenvalue weighted by atomic mass is 32.1. The molecule has 1 aromatic heterocycles. The first kappa shape index (κ1) is 22.7. The van der Waals surface area contributed by atoms with Gasteiger partial charge < -0.3 is 9.30 Å². The van der Waals surface area contributed by atoms with Gasteiger partial charge in [0.15, 0.2) is 5.11 Å². The third-order valence-electron chi connectivity index (χ3n) is 6.42. The number of fused-ring (bicyclic) bond motifs is 3. The van der Waals surface area contributed by atoms with Crippen molar-refractivity contribution in [1.82, 2.24) is 9.88 Å². The molecular weight excluding hydrogens is 482 g/mol. The summed E-state index contributed by atoms with van der Waals surface area (Å²) in [7, 11) is 2.02. The summed E-state index contributed by atoms with van der Waals surface area (Å²) in [6.07, 6.45) is 1.61. The van der Waals surface area contributed by atoms with Crippen molar-refractivity contribution in [3.63, 3.8) is 0 Å². The molecule has 0 atom stereocenters. The van der Waals surface area contributed by atoms with E-state index in [0.717, 1.165) is 27.4 Å². The molecule has 5 aromatic rings. The van der Waals surface area contributed by atoms with Crippen LogP contribution in [0.5, 0.6) is 11.5 Å². The smallest absolute Gasteiger partial charge is 0.270 e. The number of carbonyl (C=O) groups is 2. The fourth-order valence-electron chi connectivity index (χ4n) is 4.62. The monoisotopic (exact) mass is 503 g/mol. The number of rotatable bonds is 4. The number of aryl methyl sites for hydroxylation is 1. The molecule has 1 aliphatic heterocycles. The van der Waals surface area contributed by atoms with E-state index in [1.807, 2.05) is 67.7 Å². The Bertz CT molecular complexity index is 1740. The number of thiocarbonyl (C=S) groups is 1. The molecule has 0 spiro atoms. The normalized spacial score (nSPS) is 15.0. The molecule has 0 saturated carbocycles. The number of hydrogen-bond acceptors (Lipinski definition) is 4. The summed E-state index contributed by atoms with van der Waals surface area (Å²) in [5.41, 5.74) is 3.48. The van der Waals surface area contributed by atoms with E-state index >= 15 is 0 Å². The molecule has 7 heteroatoms. The molecule has 6 rings (SSSR count). The molecular formula is C30H21N3O3S. The van der Waals surface area contributed by atoms with Crippen LogP contribution in [0, 0.1) is 0 Å². The van der Waals surface area contributed by atoms with Crippen LogP contribution < -0.4 is 15.0 Å². The summed E-state index contributed by atoms with van der Waals surface area (Å²) in [6, 6.07) is 30.5. The Hall–Kier alpha value is -4.75. The van der Waals surface area contributed by atoms with Gasteiger partial charge in [-0.3, -0.25) is 19.8 Å². The summed E-state index contributed by atoms with van der Waals surface area (Å²) in [5.74, 6) is 0.325. The molecule has 0 radical (unpaired) electrons. The van der Waals surface area contributed by atoms with Crippen molar-refractivity contribution >= 4 is 62.7 Å². The van der Waals surface area contributed by atoms with Crippen molar-refractivity contribution in [2.45, 2.75) is 0 Å². The first-order valence-electron chi connectivity index (χ1n) is 11.7. The number of hydrogen-bond donors (Lipinski definition) is 1. The minimum Gasteiger partial charge on any atom is -0.457 e. The zero-order valence-electron chi connectivity index (χ0n) is 19.8. The fourth-order valence-corrected chi connectivity index (χ4v) is 4.90. The van der Waals surface area contributed by atoms with Gasteiger partial charge in [0, 0.05) is 28.9 Å². The van der Waals surface area contributed by atoms with Gasteiger partial charge >= 0.3 is 0 Å². The first-order valence-corrected chi connectivity index (χ1v) is 12.1. The van der Waals surface area contributed by atoms with Crippen LogP contribution in [0.4, 0.5) is 5.69 Å². The molecule has 0 unspecified atom stereocenters. The molecule has 1 fully saturated rings. The van der Waals surface area contributed by atoms with E-state index in [9.17, 15) is 9.59 Å². The van der Waals surface area contributed by atoms with Gasteiger partial charge in [-0.15, -0.1) is 0 Å². The average molecular weight is 504 g/mol. The number of nitrogens with one attached hydrogen (secondary N) is 1. The first-order chi connectivity index (χ1) is 18.0. The van der Waals surface area contributed by atoms with Gasteiger partial charge in [0.1, 0.15) is 17.1 Å². The number of para-hydroxylation sites is 2. The topological polar surface area (TPSA) is 63.6 Å². The Kier molecular flexibility index (Phi) is 5.54. The number of amides is 2. The maximum atomic E-state index is 13.5. The van der Waals surface area contributed by atoms with E-state index in [0.29, 0.717) is 17.2 Å². The Morgan fingerprint density at radius 3 is 2.24 bits per heavy atom.